The summed E-state index contributed by atoms with van der Waals surface area (Å²) in [4.78, 5) is 16.7. The minimum absolute atomic E-state index is 0.0261. The van der Waals surface area contributed by atoms with Crippen LogP contribution in [0.5, 0.6) is 23.0 Å². The van der Waals surface area contributed by atoms with Crippen molar-refractivity contribution in [3.63, 3.8) is 0 Å². The number of ether oxygens (including phenoxy) is 5. The highest BCUT2D eigenvalue weighted by atomic mass is 79.9. The summed E-state index contributed by atoms with van der Waals surface area (Å²) < 4.78 is 30.5. The van der Waals surface area contributed by atoms with Crippen molar-refractivity contribution in [2.45, 2.75) is 38.0 Å². The number of halogens is 1. The van der Waals surface area contributed by atoms with E-state index in [2.05, 4.69) is 20.8 Å². The van der Waals surface area contributed by atoms with Gasteiger partial charge in [-0.2, -0.15) is 0 Å². The van der Waals surface area contributed by atoms with E-state index in [-0.39, 0.29) is 18.2 Å². The van der Waals surface area contributed by atoms with Crippen LogP contribution in [0.2, 0.25) is 0 Å². The summed E-state index contributed by atoms with van der Waals surface area (Å²) in [5, 5.41) is 0. The number of cyclic esters (lactones) is 1. The van der Waals surface area contributed by atoms with Crippen molar-refractivity contribution in [3.05, 3.63) is 82.8 Å². The highest BCUT2D eigenvalue weighted by molar-refractivity contribution is 9.10. The monoisotopic (exact) mass is 636 g/mol. The minimum Gasteiger partial charge on any atom is -0.491 e. The molecule has 0 radical (unpaired) electrons. The van der Waals surface area contributed by atoms with E-state index < -0.39 is 0 Å². The summed E-state index contributed by atoms with van der Waals surface area (Å²) in [6.45, 7) is 5.38. The van der Waals surface area contributed by atoms with Crippen LogP contribution in [0, 0.1) is 5.92 Å². The van der Waals surface area contributed by atoms with Crippen LogP contribution in [0.1, 0.15) is 24.8 Å². The van der Waals surface area contributed by atoms with Gasteiger partial charge in [-0.25, -0.2) is 4.79 Å². The number of carbonyl (C=O) groups excluding carboxylic acids is 1. The Labute approximate surface area is 255 Å². The first-order valence-corrected chi connectivity index (χ1v) is 15.5. The number of para-hydroxylation sites is 1. The quantitative estimate of drug-likeness (QED) is 0.249. The van der Waals surface area contributed by atoms with Crippen LogP contribution in [0.15, 0.2) is 77.3 Å². The lowest BCUT2D eigenvalue weighted by atomic mass is 9.93. The van der Waals surface area contributed by atoms with Crippen molar-refractivity contribution in [1.82, 2.24) is 9.80 Å². The second-order valence-corrected chi connectivity index (χ2v) is 12.0. The number of hydrogen-bond acceptors (Lipinski definition) is 7. The van der Waals surface area contributed by atoms with Gasteiger partial charge in [0.2, 0.25) is 0 Å². The fourth-order valence-electron chi connectivity index (χ4n) is 5.73. The number of benzene rings is 3. The average Bonchev–Trinajstić information content (AvgIpc) is 3.38. The van der Waals surface area contributed by atoms with E-state index in [4.69, 9.17) is 23.7 Å². The standard InChI is InChI=1S/C33H37BrN2O6/c34-29-17-32-31(18-30(29)39-20-25-7-3-1-4-8-25)40-23-28(42-32)19-35-14-11-24(12-15-35)13-16-36-26(22-41-33(36)37)21-38-27-9-5-2-6-10-27/h1-10,17-18,24,26,28H,11-16,19-23H2/t26-,28+/m1/s1. The Hall–Kier alpha value is -3.43. The van der Waals surface area contributed by atoms with E-state index in [9.17, 15) is 4.79 Å². The second-order valence-electron chi connectivity index (χ2n) is 11.1. The second kappa shape index (κ2) is 13.7. The number of fused-ring (bicyclic) bond motifs is 1. The van der Waals surface area contributed by atoms with Gasteiger partial charge >= 0.3 is 6.09 Å². The first-order valence-electron chi connectivity index (χ1n) is 14.7. The lowest BCUT2D eigenvalue weighted by Crippen LogP contribution is -2.44. The summed E-state index contributed by atoms with van der Waals surface area (Å²) in [6.07, 6.45) is 2.92. The maximum atomic E-state index is 12.4. The number of nitrogens with zero attached hydrogens (tertiary/aromatic N) is 2. The molecule has 2 saturated heterocycles. The molecule has 0 aliphatic carbocycles. The molecule has 3 heterocycles. The summed E-state index contributed by atoms with van der Waals surface area (Å²) >= 11 is 3.63. The van der Waals surface area contributed by atoms with Crippen molar-refractivity contribution in [1.29, 1.82) is 0 Å². The molecule has 42 heavy (non-hydrogen) atoms. The number of hydrogen-bond donors (Lipinski definition) is 0. The van der Waals surface area contributed by atoms with Crippen LogP contribution in [0.25, 0.3) is 0 Å². The van der Waals surface area contributed by atoms with Gasteiger partial charge in [0.25, 0.3) is 0 Å². The maximum Gasteiger partial charge on any atom is 0.410 e. The topological polar surface area (TPSA) is 69.7 Å². The zero-order chi connectivity index (χ0) is 28.7. The summed E-state index contributed by atoms with van der Waals surface area (Å²) in [5.41, 5.74) is 1.11. The van der Waals surface area contributed by atoms with Gasteiger partial charge in [-0.05, 0) is 71.9 Å². The lowest BCUT2D eigenvalue weighted by molar-refractivity contribution is 0.0461. The van der Waals surface area contributed by atoms with Crippen LogP contribution >= 0.6 is 15.9 Å². The molecular formula is C33H37BrN2O6. The summed E-state index contributed by atoms with van der Waals surface area (Å²) in [5.74, 6) is 3.58. The highest BCUT2D eigenvalue weighted by Crippen LogP contribution is 2.41. The molecule has 2 atom stereocenters. The van der Waals surface area contributed by atoms with Crippen LogP contribution in [0.3, 0.4) is 0 Å². The van der Waals surface area contributed by atoms with Gasteiger partial charge in [0.1, 0.15) is 50.1 Å². The molecule has 0 N–H and O–H groups in total. The first-order chi connectivity index (χ1) is 20.6. The maximum absolute atomic E-state index is 12.4. The fourth-order valence-corrected chi connectivity index (χ4v) is 6.17. The van der Waals surface area contributed by atoms with E-state index in [0.29, 0.717) is 44.6 Å². The molecule has 6 rings (SSSR count). The van der Waals surface area contributed by atoms with Crippen molar-refractivity contribution in [2.24, 2.45) is 5.92 Å². The molecule has 222 valence electrons. The Morgan fingerprint density at radius 3 is 2.43 bits per heavy atom. The molecule has 3 aromatic carbocycles. The Bertz CT molecular complexity index is 1320. The predicted octanol–water partition coefficient (Wildman–Crippen LogP) is 6.17. The highest BCUT2D eigenvalue weighted by Gasteiger charge is 2.34. The predicted molar refractivity (Wildman–Crippen MR) is 162 cm³/mol. The molecule has 3 aromatic rings. The molecule has 0 bridgehead atoms. The third kappa shape index (κ3) is 7.31. The molecule has 9 heteroatoms. The van der Waals surface area contributed by atoms with Crippen LogP contribution in [-0.2, 0) is 11.3 Å². The summed E-state index contributed by atoms with van der Waals surface area (Å²) in [7, 11) is 0. The largest absolute Gasteiger partial charge is 0.491 e. The van der Waals surface area contributed by atoms with Crippen molar-refractivity contribution in [2.75, 3.05) is 46.0 Å². The molecule has 3 aliphatic heterocycles. The van der Waals surface area contributed by atoms with E-state index in [1.807, 2.05) is 77.7 Å². The Kier molecular flexibility index (Phi) is 9.35. The Morgan fingerprint density at radius 2 is 1.64 bits per heavy atom. The molecule has 0 aromatic heterocycles. The smallest absolute Gasteiger partial charge is 0.410 e. The van der Waals surface area contributed by atoms with Gasteiger partial charge in [-0.1, -0.05) is 48.5 Å². The van der Waals surface area contributed by atoms with Gasteiger partial charge in [0.05, 0.1) is 4.47 Å². The fraction of sp³-hybridized carbons (Fsp3) is 0.424. The third-order valence-electron chi connectivity index (χ3n) is 8.16. The molecule has 0 saturated carbocycles. The van der Waals surface area contributed by atoms with Crippen molar-refractivity contribution < 1.29 is 28.5 Å². The molecule has 0 spiro atoms. The van der Waals surface area contributed by atoms with Gasteiger partial charge < -0.3 is 23.7 Å². The molecular weight excluding hydrogens is 600 g/mol. The van der Waals surface area contributed by atoms with Gasteiger partial charge in [0, 0.05) is 25.2 Å². The first kappa shape index (κ1) is 28.7. The Balaban J connectivity index is 0.929. The SMILES string of the molecule is O=C1OC[C@@H](COc2ccccc2)N1CCC1CCN(C[C@H]2COc3cc(OCc4ccccc4)c(Br)cc3O2)CC1. The van der Waals surface area contributed by atoms with E-state index in [0.717, 1.165) is 66.2 Å². The molecule has 0 unspecified atom stereocenters. The van der Waals surface area contributed by atoms with Crippen molar-refractivity contribution >= 4 is 22.0 Å². The van der Waals surface area contributed by atoms with Crippen LogP contribution < -0.4 is 18.9 Å². The van der Waals surface area contributed by atoms with Gasteiger partial charge in [0.15, 0.2) is 11.5 Å². The minimum atomic E-state index is -0.231. The van der Waals surface area contributed by atoms with E-state index in [1.165, 1.54) is 0 Å². The lowest BCUT2D eigenvalue weighted by Gasteiger charge is -2.36. The zero-order valence-corrected chi connectivity index (χ0v) is 25.2. The van der Waals surface area contributed by atoms with E-state index >= 15 is 0 Å². The third-order valence-corrected chi connectivity index (χ3v) is 8.78. The van der Waals surface area contributed by atoms with Crippen molar-refractivity contribution in [3.8, 4) is 23.0 Å². The number of piperidine rings is 1. The number of rotatable bonds is 11. The Morgan fingerprint density at radius 1 is 0.881 bits per heavy atom. The number of amides is 1. The van der Waals surface area contributed by atoms with E-state index in [1.54, 1.807) is 0 Å². The number of carbonyl (C=O) groups is 1. The van der Waals surface area contributed by atoms with Gasteiger partial charge in [-0.3, -0.25) is 9.80 Å². The van der Waals surface area contributed by atoms with Crippen LogP contribution in [-0.4, -0.2) is 74.0 Å². The molecule has 1 amide bonds. The number of likely N-dealkylation sites (tertiary alicyclic amines) is 1. The summed E-state index contributed by atoms with van der Waals surface area (Å²) in [6, 6.07) is 23.6. The molecule has 8 nitrogen and oxygen atoms in total. The normalized spacial score (nSPS) is 20.8. The zero-order valence-electron chi connectivity index (χ0n) is 23.7. The average molecular weight is 638 g/mol. The van der Waals surface area contributed by atoms with Gasteiger partial charge in [-0.15, -0.1) is 0 Å². The van der Waals surface area contributed by atoms with Crippen LogP contribution in [0.4, 0.5) is 4.79 Å². The molecule has 3 aliphatic rings. The molecule has 2 fully saturated rings.